The molecule has 104 valence electrons. The van der Waals surface area contributed by atoms with E-state index < -0.39 is 15.6 Å². The molecule has 0 unspecified atom stereocenters. The number of unbranched alkanes of at least 4 members (excludes halogenated alkanes) is 1. The Morgan fingerprint density at radius 2 is 1.78 bits per heavy atom. The molecule has 18 heavy (non-hydrogen) atoms. The molecule has 1 rings (SSSR count). The first-order valence-electron chi connectivity index (χ1n) is 6.47. The van der Waals surface area contributed by atoms with Crippen LogP contribution in [0.15, 0.2) is 0 Å². The molecule has 1 saturated heterocycles. The fourth-order valence-corrected chi connectivity index (χ4v) is 3.68. The summed E-state index contributed by atoms with van der Waals surface area (Å²) in [6.07, 6.45) is 1.60. The zero-order chi connectivity index (χ0) is 13.8. The van der Waals surface area contributed by atoms with Crippen molar-refractivity contribution in [3.8, 4) is 6.07 Å². The number of piperazine rings is 1. The van der Waals surface area contributed by atoms with Gasteiger partial charge in [-0.2, -0.15) is 9.57 Å². The summed E-state index contributed by atoms with van der Waals surface area (Å²) in [5.74, 6) is 0.241. The Hall–Kier alpha value is -0.640. The molecule has 0 amide bonds. The molecule has 0 radical (unpaired) electrons. The Morgan fingerprint density at radius 3 is 2.22 bits per heavy atom. The van der Waals surface area contributed by atoms with Gasteiger partial charge in [-0.05, 0) is 20.3 Å². The Kier molecular flexibility index (Phi) is 5.14. The highest BCUT2D eigenvalue weighted by molar-refractivity contribution is 7.89. The maximum Gasteiger partial charge on any atom is 0.214 e. The number of nitrogens with zero attached hydrogens (tertiary/aromatic N) is 3. The lowest BCUT2D eigenvalue weighted by atomic mass is 10.0. The van der Waals surface area contributed by atoms with Crippen LogP contribution in [0.2, 0.25) is 0 Å². The largest absolute Gasteiger partial charge is 0.283 e. The van der Waals surface area contributed by atoms with E-state index in [-0.39, 0.29) is 5.75 Å². The van der Waals surface area contributed by atoms with E-state index in [0.717, 1.165) is 6.42 Å². The van der Waals surface area contributed by atoms with Gasteiger partial charge in [0.15, 0.2) is 0 Å². The number of hydrogen-bond acceptors (Lipinski definition) is 4. The number of sulfonamides is 1. The second-order valence-corrected chi connectivity index (χ2v) is 7.31. The van der Waals surface area contributed by atoms with Crippen LogP contribution in [0.25, 0.3) is 0 Å². The zero-order valence-electron chi connectivity index (χ0n) is 11.5. The lowest BCUT2D eigenvalue weighted by Crippen LogP contribution is -2.55. The Bertz CT molecular complexity index is 404. The van der Waals surface area contributed by atoms with E-state index in [9.17, 15) is 8.42 Å². The van der Waals surface area contributed by atoms with Crippen molar-refractivity contribution in [2.75, 3.05) is 31.9 Å². The third kappa shape index (κ3) is 3.67. The minimum absolute atomic E-state index is 0.241. The van der Waals surface area contributed by atoms with Crippen molar-refractivity contribution in [2.45, 2.75) is 39.2 Å². The number of hydrogen-bond donors (Lipinski definition) is 0. The summed E-state index contributed by atoms with van der Waals surface area (Å²) in [7, 11) is -3.10. The van der Waals surface area contributed by atoms with Crippen LogP contribution in [-0.4, -0.2) is 55.1 Å². The van der Waals surface area contributed by atoms with Gasteiger partial charge in [0, 0.05) is 26.2 Å². The Balaban J connectivity index is 2.57. The highest BCUT2D eigenvalue weighted by atomic mass is 32.2. The van der Waals surface area contributed by atoms with E-state index in [4.69, 9.17) is 5.26 Å². The maximum atomic E-state index is 12.0. The molecular formula is C12H23N3O2S. The van der Waals surface area contributed by atoms with Crippen LogP contribution in [0.1, 0.15) is 33.6 Å². The molecule has 1 heterocycles. The van der Waals surface area contributed by atoms with Gasteiger partial charge < -0.3 is 0 Å². The summed E-state index contributed by atoms with van der Waals surface area (Å²) in [5, 5.41) is 9.06. The molecule has 1 aliphatic heterocycles. The third-order valence-corrected chi connectivity index (χ3v) is 5.41. The molecule has 0 N–H and O–H groups in total. The van der Waals surface area contributed by atoms with Gasteiger partial charge in [0.2, 0.25) is 10.0 Å². The standard InChI is InChI=1S/C12H23N3O2S/c1-4-5-10-18(16,17)15-8-6-14(7-9-15)12(2,3)11-13/h4-10H2,1-3H3. The predicted octanol–water partition coefficient (Wildman–Crippen LogP) is 1.04. The molecule has 0 bridgehead atoms. The first-order valence-corrected chi connectivity index (χ1v) is 8.08. The Morgan fingerprint density at radius 1 is 1.22 bits per heavy atom. The quantitative estimate of drug-likeness (QED) is 0.750. The smallest absolute Gasteiger partial charge is 0.214 e. The van der Waals surface area contributed by atoms with Crippen LogP contribution < -0.4 is 0 Å². The van der Waals surface area contributed by atoms with Crippen LogP contribution in [0.3, 0.4) is 0 Å². The molecular weight excluding hydrogens is 250 g/mol. The first kappa shape index (κ1) is 15.4. The summed E-state index contributed by atoms with van der Waals surface area (Å²) in [4.78, 5) is 2.04. The fourth-order valence-electron chi connectivity index (χ4n) is 2.05. The molecule has 0 spiro atoms. The van der Waals surface area contributed by atoms with Crippen molar-refractivity contribution < 1.29 is 8.42 Å². The Labute approximate surface area is 110 Å². The molecule has 5 nitrogen and oxygen atoms in total. The second kappa shape index (κ2) is 6.00. The summed E-state index contributed by atoms with van der Waals surface area (Å²) in [6.45, 7) is 7.98. The fraction of sp³-hybridized carbons (Fsp3) is 0.917. The number of nitriles is 1. The van der Waals surface area contributed by atoms with Gasteiger partial charge in [0.25, 0.3) is 0 Å². The van der Waals surface area contributed by atoms with Gasteiger partial charge in [0.1, 0.15) is 5.54 Å². The van der Waals surface area contributed by atoms with E-state index in [1.165, 1.54) is 0 Å². The molecule has 1 fully saturated rings. The zero-order valence-corrected chi connectivity index (χ0v) is 12.3. The third-order valence-electron chi connectivity index (χ3n) is 3.45. The molecule has 0 aromatic rings. The molecule has 0 aromatic heterocycles. The minimum atomic E-state index is -3.10. The molecule has 0 aliphatic carbocycles. The van der Waals surface area contributed by atoms with Crippen molar-refractivity contribution in [3.63, 3.8) is 0 Å². The van der Waals surface area contributed by atoms with E-state index in [0.29, 0.717) is 32.6 Å². The van der Waals surface area contributed by atoms with Gasteiger partial charge in [-0.25, -0.2) is 8.42 Å². The molecule has 0 aromatic carbocycles. The van der Waals surface area contributed by atoms with Crippen LogP contribution >= 0.6 is 0 Å². The van der Waals surface area contributed by atoms with Gasteiger partial charge >= 0.3 is 0 Å². The van der Waals surface area contributed by atoms with Crippen molar-refractivity contribution in [1.29, 1.82) is 5.26 Å². The molecule has 0 saturated carbocycles. The van der Waals surface area contributed by atoms with Crippen molar-refractivity contribution in [1.82, 2.24) is 9.21 Å². The summed E-state index contributed by atoms with van der Waals surface area (Å²) in [6, 6.07) is 2.26. The minimum Gasteiger partial charge on any atom is -0.283 e. The van der Waals surface area contributed by atoms with Gasteiger partial charge in [-0.15, -0.1) is 0 Å². The first-order chi connectivity index (χ1) is 8.33. The number of rotatable bonds is 5. The van der Waals surface area contributed by atoms with Crippen LogP contribution in [0, 0.1) is 11.3 Å². The monoisotopic (exact) mass is 273 g/mol. The lowest BCUT2D eigenvalue weighted by Gasteiger charge is -2.39. The van der Waals surface area contributed by atoms with E-state index in [1.807, 2.05) is 25.7 Å². The summed E-state index contributed by atoms with van der Waals surface area (Å²) < 4.78 is 25.6. The van der Waals surface area contributed by atoms with Crippen LogP contribution in [-0.2, 0) is 10.0 Å². The highest BCUT2D eigenvalue weighted by Crippen LogP contribution is 2.17. The normalized spacial score (nSPS) is 19.7. The molecule has 6 heteroatoms. The SMILES string of the molecule is CCCCS(=O)(=O)N1CCN(C(C)(C)C#N)CC1. The van der Waals surface area contributed by atoms with E-state index in [1.54, 1.807) is 4.31 Å². The van der Waals surface area contributed by atoms with E-state index >= 15 is 0 Å². The van der Waals surface area contributed by atoms with Crippen LogP contribution in [0.4, 0.5) is 0 Å². The summed E-state index contributed by atoms with van der Waals surface area (Å²) >= 11 is 0. The van der Waals surface area contributed by atoms with Gasteiger partial charge in [0.05, 0.1) is 11.8 Å². The van der Waals surface area contributed by atoms with Gasteiger partial charge in [-0.3, -0.25) is 4.90 Å². The van der Waals surface area contributed by atoms with Crippen molar-refractivity contribution in [3.05, 3.63) is 0 Å². The van der Waals surface area contributed by atoms with Crippen LogP contribution in [0.5, 0.6) is 0 Å². The van der Waals surface area contributed by atoms with Gasteiger partial charge in [-0.1, -0.05) is 13.3 Å². The summed E-state index contributed by atoms with van der Waals surface area (Å²) in [5.41, 5.74) is -0.515. The molecule has 1 aliphatic rings. The average Bonchev–Trinajstić information content (AvgIpc) is 2.36. The average molecular weight is 273 g/mol. The second-order valence-electron chi connectivity index (χ2n) is 5.23. The van der Waals surface area contributed by atoms with Crippen molar-refractivity contribution >= 4 is 10.0 Å². The van der Waals surface area contributed by atoms with Crippen molar-refractivity contribution in [2.24, 2.45) is 0 Å². The topological polar surface area (TPSA) is 64.4 Å². The molecule has 0 atom stereocenters. The lowest BCUT2D eigenvalue weighted by molar-refractivity contribution is 0.115. The predicted molar refractivity (Wildman–Crippen MR) is 71.5 cm³/mol. The maximum absolute atomic E-state index is 12.0. The highest BCUT2D eigenvalue weighted by Gasteiger charge is 2.33. The van der Waals surface area contributed by atoms with E-state index in [2.05, 4.69) is 6.07 Å².